The maximum Gasteiger partial charge on any atom is 0.247 e. The molecule has 1 amide bonds. The van der Waals surface area contributed by atoms with Crippen LogP contribution in [0, 0.1) is 11.5 Å². The van der Waals surface area contributed by atoms with Crippen LogP contribution in [0.5, 0.6) is 0 Å². The quantitative estimate of drug-likeness (QED) is 0.346. The van der Waals surface area contributed by atoms with Gasteiger partial charge in [-0.1, -0.05) is 11.8 Å². The molecule has 0 spiro atoms. The summed E-state index contributed by atoms with van der Waals surface area (Å²) >= 11 is 1.31. The molecule has 0 radical (unpaired) electrons. The van der Waals surface area contributed by atoms with Crippen molar-refractivity contribution >= 4 is 22.8 Å². The van der Waals surface area contributed by atoms with Crippen LogP contribution in [0.15, 0.2) is 4.99 Å². The van der Waals surface area contributed by atoms with Gasteiger partial charge in [-0.2, -0.15) is 5.26 Å². The number of amides is 1. The Balaban J connectivity index is 4.60. The fourth-order valence-electron chi connectivity index (χ4n) is 1.21. The maximum atomic E-state index is 11.9. The number of carbonyl (C=O) groups excluding carboxylic acids is 1. The van der Waals surface area contributed by atoms with E-state index in [0.29, 0.717) is 18.3 Å². The molecule has 90 valence electrons. The second-order valence-electron chi connectivity index (χ2n) is 3.06. The summed E-state index contributed by atoms with van der Waals surface area (Å²) in [5.41, 5.74) is 0. The standard InChI is InChI=1S/C10H18N4OS/c1-5-14(6-2)9(15)8(3)13-10(16-4)12-7-11/h8H,5-6H2,1-4H3,(H,12,13). The predicted octanol–water partition coefficient (Wildman–Crippen LogP) is 1.03. The molecular weight excluding hydrogens is 224 g/mol. The van der Waals surface area contributed by atoms with Gasteiger partial charge in [0.2, 0.25) is 5.91 Å². The Morgan fingerprint density at radius 1 is 1.56 bits per heavy atom. The highest BCUT2D eigenvalue weighted by molar-refractivity contribution is 8.13. The van der Waals surface area contributed by atoms with Gasteiger partial charge in [0.25, 0.3) is 0 Å². The van der Waals surface area contributed by atoms with Crippen molar-refractivity contribution in [3.63, 3.8) is 0 Å². The fourth-order valence-corrected chi connectivity index (χ4v) is 1.63. The number of nitriles is 1. The highest BCUT2D eigenvalue weighted by Crippen LogP contribution is 2.03. The molecule has 0 saturated carbocycles. The zero-order valence-corrected chi connectivity index (χ0v) is 11.0. The number of rotatable bonds is 4. The van der Waals surface area contributed by atoms with Crippen molar-refractivity contribution in [2.45, 2.75) is 26.8 Å². The molecule has 1 N–H and O–H groups in total. The van der Waals surface area contributed by atoms with Crippen molar-refractivity contribution in [3.05, 3.63) is 0 Å². The normalized spacial score (nSPS) is 12.8. The lowest BCUT2D eigenvalue weighted by molar-refractivity contribution is -0.131. The number of nitrogens with zero attached hydrogens (tertiary/aromatic N) is 3. The molecule has 0 bridgehead atoms. The van der Waals surface area contributed by atoms with Crippen LogP contribution in [0.4, 0.5) is 0 Å². The van der Waals surface area contributed by atoms with Gasteiger partial charge in [0.15, 0.2) is 11.4 Å². The minimum Gasteiger partial charge on any atom is -0.341 e. The van der Waals surface area contributed by atoms with Crippen molar-refractivity contribution in [1.82, 2.24) is 10.2 Å². The van der Waals surface area contributed by atoms with Crippen LogP contribution < -0.4 is 5.32 Å². The highest BCUT2D eigenvalue weighted by atomic mass is 32.2. The number of carbonyl (C=O) groups is 1. The monoisotopic (exact) mass is 242 g/mol. The molecule has 0 aromatic rings. The molecule has 0 aliphatic carbocycles. The van der Waals surface area contributed by atoms with Gasteiger partial charge < -0.3 is 4.90 Å². The third-order valence-corrected chi connectivity index (χ3v) is 2.69. The van der Waals surface area contributed by atoms with E-state index in [0.717, 1.165) is 0 Å². The van der Waals surface area contributed by atoms with E-state index in [1.165, 1.54) is 11.8 Å². The molecule has 0 saturated heterocycles. The molecule has 1 atom stereocenters. The van der Waals surface area contributed by atoms with E-state index in [2.05, 4.69) is 10.3 Å². The van der Waals surface area contributed by atoms with Gasteiger partial charge in [0.05, 0.1) is 0 Å². The maximum absolute atomic E-state index is 11.9. The minimum absolute atomic E-state index is 0.0173. The molecular formula is C10H18N4OS. The first-order valence-corrected chi connectivity index (χ1v) is 6.38. The average molecular weight is 242 g/mol. The van der Waals surface area contributed by atoms with Crippen molar-refractivity contribution in [1.29, 1.82) is 5.26 Å². The van der Waals surface area contributed by atoms with Crippen molar-refractivity contribution in [2.24, 2.45) is 4.99 Å². The summed E-state index contributed by atoms with van der Waals surface area (Å²) < 4.78 is 0. The first-order valence-electron chi connectivity index (χ1n) is 5.16. The molecule has 1 unspecified atom stereocenters. The van der Waals surface area contributed by atoms with Crippen LogP contribution in [0.2, 0.25) is 0 Å². The van der Waals surface area contributed by atoms with Gasteiger partial charge >= 0.3 is 0 Å². The lowest BCUT2D eigenvalue weighted by atomic mass is 10.3. The predicted molar refractivity (Wildman–Crippen MR) is 67.1 cm³/mol. The molecule has 0 aromatic carbocycles. The molecule has 0 heterocycles. The van der Waals surface area contributed by atoms with Gasteiger partial charge in [-0.3, -0.25) is 10.1 Å². The number of amidine groups is 1. The highest BCUT2D eigenvalue weighted by Gasteiger charge is 2.17. The topological polar surface area (TPSA) is 68.5 Å². The SMILES string of the molecule is CCN(CC)C(=O)C(C)N=C(NC#N)SC. The Kier molecular flexibility index (Phi) is 7.38. The Morgan fingerprint density at radius 3 is 2.50 bits per heavy atom. The first kappa shape index (κ1) is 14.8. The van der Waals surface area contributed by atoms with E-state index >= 15 is 0 Å². The van der Waals surface area contributed by atoms with Crippen molar-refractivity contribution < 1.29 is 4.79 Å². The summed E-state index contributed by atoms with van der Waals surface area (Å²) in [6.07, 6.45) is 3.60. The third-order valence-electron chi connectivity index (χ3n) is 2.10. The molecule has 5 nitrogen and oxygen atoms in total. The second-order valence-corrected chi connectivity index (χ2v) is 3.86. The first-order chi connectivity index (χ1) is 7.60. The lowest BCUT2D eigenvalue weighted by Crippen LogP contribution is -2.37. The molecule has 16 heavy (non-hydrogen) atoms. The number of nitrogens with one attached hydrogen (secondary N) is 1. The molecule has 0 aliphatic rings. The summed E-state index contributed by atoms with van der Waals surface area (Å²) in [7, 11) is 0. The number of thioether (sulfide) groups is 1. The fraction of sp³-hybridized carbons (Fsp3) is 0.700. The van der Waals surface area contributed by atoms with Crippen LogP contribution in [0.1, 0.15) is 20.8 Å². The lowest BCUT2D eigenvalue weighted by Gasteiger charge is -2.21. The number of hydrogen-bond acceptors (Lipinski definition) is 4. The summed E-state index contributed by atoms with van der Waals surface area (Å²) in [4.78, 5) is 17.7. The second kappa shape index (κ2) is 7.99. The van der Waals surface area contributed by atoms with E-state index in [1.807, 2.05) is 13.8 Å². The summed E-state index contributed by atoms with van der Waals surface area (Å²) in [6, 6.07) is -0.455. The minimum atomic E-state index is -0.455. The summed E-state index contributed by atoms with van der Waals surface area (Å²) in [5.74, 6) is -0.0173. The zero-order valence-electron chi connectivity index (χ0n) is 10.1. The zero-order chi connectivity index (χ0) is 12.6. The van der Waals surface area contributed by atoms with Crippen molar-refractivity contribution in [3.8, 4) is 6.19 Å². The Hall–Kier alpha value is -1.22. The van der Waals surface area contributed by atoms with Gasteiger partial charge in [-0.05, 0) is 27.0 Å². The Labute approximate surface area is 101 Å². The van der Waals surface area contributed by atoms with Crippen LogP contribution in [0.25, 0.3) is 0 Å². The van der Waals surface area contributed by atoms with E-state index < -0.39 is 6.04 Å². The smallest absolute Gasteiger partial charge is 0.247 e. The molecule has 0 aromatic heterocycles. The van der Waals surface area contributed by atoms with Crippen LogP contribution in [-0.2, 0) is 4.79 Å². The van der Waals surface area contributed by atoms with Crippen molar-refractivity contribution in [2.75, 3.05) is 19.3 Å². The Morgan fingerprint density at radius 2 is 2.12 bits per heavy atom. The van der Waals surface area contributed by atoms with E-state index in [9.17, 15) is 4.79 Å². The van der Waals surface area contributed by atoms with E-state index in [1.54, 1.807) is 24.3 Å². The van der Waals surface area contributed by atoms with Gasteiger partial charge in [-0.15, -0.1) is 0 Å². The van der Waals surface area contributed by atoms with Gasteiger partial charge in [-0.25, -0.2) is 4.99 Å². The van der Waals surface area contributed by atoms with E-state index in [-0.39, 0.29) is 5.91 Å². The van der Waals surface area contributed by atoms with E-state index in [4.69, 9.17) is 5.26 Å². The largest absolute Gasteiger partial charge is 0.341 e. The third kappa shape index (κ3) is 4.53. The van der Waals surface area contributed by atoms with Gasteiger partial charge in [0, 0.05) is 13.1 Å². The molecule has 0 aliphatic heterocycles. The van der Waals surface area contributed by atoms with Crippen LogP contribution >= 0.6 is 11.8 Å². The van der Waals surface area contributed by atoms with Crippen LogP contribution in [0.3, 0.4) is 0 Å². The number of aliphatic imine (C=N–C) groups is 1. The van der Waals surface area contributed by atoms with Gasteiger partial charge in [0.1, 0.15) is 6.04 Å². The van der Waals surface area contributed by atoms with Crippen LogP contribution in [-0.4, -0.2) is 41.4 Å². The molecule has 0 rings (SSSR count). The average Bonchev–Trinajstić information content (AvgIpc) is 2.29. The Bertz CT molecular complexity index is 294. The summed E-state index contributed by atoms with van der Waals surface area (Å²) in [5, 5.41) is 11.4. The summed E-state index contributed by atoms with van der Waals surface area (Å²) in [6.45, 7) is 6.95. The number of hydrogen-bond donors (Lipinski definition) is 1. The molecule has 0 fully saturated rings. The molecule has 6 heteroatoms. The number of likely N-dealkylation sites (N-methyl/N-ethyl adjacent to an activating group) is 1.